The van der Waals surface area contributed by atoms with Gasteiger partial charge in [-0.05, 0) is 30.2 Å². The van der Waals surface area contributed by atoms with Gasteiger partial charge in [-0.2, -0.15) is 0 Å². The van der Waals surface area contributed by atoms with Gasteiger partial charge in [-0.15, -0.1) is 12.4 Å². The Bertz CT molecular complexity index is 574. The monoisotopic (exact) mass is 339 g/mol. The van der Waals surface area contributed by atoms with Crippen LogP contribution in [0.25, 0.3) is 0 Å². The second-order valence-electron chi connectivity index (χ2n) is 5.55. The molecule has 0 aromatic heterocycles. The number of ether oxygens (including phenoxy) is 1. The molecule has 6 nitrogen and oxygen atoms in total. The Morgan fingerprint density at radius 1 is 1.26 bits per heavy atom. The van der Waals surface area contributed by atoms with Crippen LogP contribution >= 0.6 is 12.4 Å². The minimum Gasteiger partial charge on any atom is -0.384 e. The Hall–Kier alpha value is -1.79. The largest absolute Gasteiger partial charge is 0.384 e. The maximum atomic E-state index is 12.1. The number of amides is 2. The molecule has 7 heteroatoms. The number of anilines is 1. The van der Waals surface area contributed by atoms with Crippen LogP contribution in [0.1, 0.15) is 22.3 Å². The van der Waals surface area contributed by atoms with Crippen molar-refractivity contribution in [3.8, 4) is 0 Å². The quantitative estimate of drug-likeness (QED) is 0.860. The standard InChI is InChI=1S/C16H21N3O3.ClH/c20-15(19-7-9-22-10-8-19)4-6-18-16(21)13-1-2-14-12(11-13)3-5-17-14;/h1-2,11,17H,3-10H2,(H,18,21);1H. The second kappa shape index (κ2) is 8.17. The van der Waals surface area contributed by atoms with Crippen LogP contribution in [0.5, 0.6) is 0 Å². The van der Waals surface area contributed by atoms with Gasteiger partial charge in [0.25, 0.3) is 5.91 Å². The molecule has 0 unspecified atom stereocenters. The van der Waals surface area contributed by atoms with E-state index in [0.29, 0.717) is 44.8 Å². The molecule has 1 fully saturated rings. The highest BCUT2D eigenvalue weighted by molar-refractivity contribution is 5.95. The molecule has 1 aromatic carbocycles. The van der Waals surface area contributed by atoms with Gasteiger partial charge in [0.15, 0.2) is 0 Å². The first-order valence-corrected chi connectivity index (χ1v) is 7.74. The SMILES string of the molecule is Cl.O=C(NCCC(=O)N1CCOCC1)c1ccc2c(c1)CCN2. The molecule has 23 heavy (non-hydrogen) atoms. The minimum atomic E-state index is -0.121. The lowest BCUT2D eigenvalue weighted by atomic mass is 10.1. The molecule has 0 saturated carbocycles. The Morgan fingerprint density at radius 2 is 2.04 bits per heavy atom. The van der Waals surface area contributed by atoms with Crippen molar-refractivity contribution in [1.82, 2.24) is 10.2 Å². The van der Waals surface area contributed by atoms with Gasteiger partial charge in [-0.3, -0.25) is 9.59 Å². The first kappa shape index (κ1) is 17.6. The summed E-state index contributed by atoms with van der Waals surface area (Å²) in [6.07, 6.45) is 1.28. The van der Waals surface area contributed by atoms with Crippen LogP contribution in [-0.2, 0) is 16.0 Å². The third-order valence-electron chi connectivity index (χ3n) is 4.07. The summed E-state index contributed by atoms with van der Waals surface area (Å²) in [5, 5.41) is 6.09. The van der Waals surface area contributed by atoms with Crippen molar-refractivity contribution in [2.75, 3.05) is 44.7 Å². The van der Waals surface area contributed by atoms with Gasteiger partial charge in [0.05, 0.1) is 13.2 Å². The molecule has 1 saturated heterocycles. The van der Waals surface area contributed by atoms with E-state index in [1.165, 1.54) is 5.56 Å². The van der Waals surface area contributed by atoms with Crippen molar-refractivity contribution in [2.45, 2.75) is 12.8 Å². The maximum Gasteiger partial charge on any atom is 0.251 e. The molecule has 2 amide bonds. The van der Waals surface area contributed by atoms with Gasteiger partial charge in [0.2, 0.25) is 5.91 Å². The minimum absolute atomic E-state index is 0. The molecule has 2 aliphatic rings. The van der Waals surface area contributed by atoms with Crippen molar-refractivity contribution in [2.24, 2.45) is 0 Å². The lowest BCUT2D eigenvalue weighted by molar-refractivity contribution is -0.135. The predicted octanol–water partition coefficient (Wildman–Crippen LogP) is 1.06. The number of hydrogen-bond acceptors (Lipinski definition) is 4. The maximum absolute atomic E-state index is 12.1. The van der Waals surface area contributed by atoms with Crippen LogP contribution in [0.15, 0.2) is 18.2 Å². The lowest BCUT2D eigenvalue weighted by Crippen LogP contribution is -2.42. The van der Waals surface area contributed by atoms with Gasteiger partial charge in [-0.1, -0.05) is 0 Å². The number of hydrogen-bond donors (Lipinski definition) is 2. The fourth-order valence-electron chi connectivity index (χ4n) is 2.80. The molecule has 0 aliphatic carbocycles. The molecule has 0 radical (unpaired) electrons. The summed E-state index contributed by atoms with van der Waals surface area (Å²) in [6, 6.07) is 5.68. The van der Waals surface area contributed by atoms with Crippen LogP contribution in [0, 0.1) is 0 Å². The van der Waals surface area contributed by atoms with E-state index < -0.39 is 0 Å². The van der Waals surface area contributed by atoms with Crippen molar-refractivity contribution < 1.29 is 14.3 Å². The van der Waals surface area contributed by atoms with Gasteiger partial charge >= 0.3 is 0 Å². The van der Waals surface area contributed by atoms with Crippen LogP contribution < -0.4 is 10.6 Å². The Balaban J connectivity index is 0.00000192. The lowest BCUT2D eigenvalue weighted by Gasteiger charge is -2.26. The van der Waals surface area contributed by atoms with E-state index in [1.54, 1.807) is 4.90 Å². The van der Waals surface area contributed by atoms with E-state index in [2.05, 4.69) is 10.6 Å². The molecule has 1 aromatic rings. The number of carbonyl (C=O) groups is 2. The average Bonchev–Trinajstić information content (AvgIpc) is 3.03. The number of morpholine rings is 1. The number of benzene rings is 1. The van der Waals surface area contributed by atoms with Crippen LogP contribution in [-0.4, -0.2) is 56.1 Å². The number of carbonyl (C=O) groups excluding carboxylic acids is 2. The molecule has 3 rings (SSSR count). The highest BCUT2D eigenvalue weighted by atomic mass is 35.5. The van der Waals surface area contributed by atoms with Crippen molar-refractivity contribution >= 4 is 29.9 Å². The molecule has 0 spiro atoms. The van der Waals surface area contributed by atoms with Gasteiger partial charge in [0.1, 0.15) is 0 Å². The highest BCUT2D eigenvalue weighted by Crippen LogP contribution is 2.22. The van der Waals surface area contributed by atoms with E-state index in [1.807, 2.05) is 18.2 Å². The molecule has 126 valence electrons. The summed E-state index contributed by atoms with van der Waals surface area (Å²) in [4.78, 5) is 25.9. The summed E-state index contributed by atoms with van der Waals surface area (Å²) in [6.45, 7) is 3.77. The summed E-state index contributed by atoms with van der Waals surface area (Å²) >= 11 is 0. The zero-order valence-corrected chi connectivity index (χ0v) is 13.8. The number of fused-ring (bicyclic) bond motifs is 1. The van der Waals surface area contributed by atoms with E-state index >= 15 is 0 Å². The highest BCUT2D eigenvalue weighted by Gasteiger charge is 2.17. The number of halogens is 1. The first-order valence-electron chi connectivity index (χ1n) is 7.74. The summed E-state index contributed by atoms with van der Waals surface area (Å²) in [5.74, 6) is -0.0498. The fourth-order valence-corrected chi connectivity index (χ4v) is 2.80. The van der Waals surface area contributed by atoms with Crippen molar-refractivity contribution in [3.63, 3.8) is 0 Å². The average molecular weight is 340 g/mol. The summed E-state index contributed by atoms with van der Waals surface area (Å²) in [5.41, 5.74) is 2.94. The van der Waals surface area contributed by atoms with E-state index in [-0.39, 0.29) is 24.2 Å². The zero-order valence-electron chi connectivity index (χ0n) is 13.0. The summed E-state index contributed by atoms with van der Waals surface area (Å²) in [7, 11) is 0. The van der Waals surface area contributed by atoms with E-state index in [9.17, 15) is 9.59 Å². The van der Waals surface area contributed by atoms with Gasteiger partial charge in [-0.25, -0.2) is 0 Å². The molecular weight excluding hydrogens is 318 g/mol. The van der Waals surface area contributed by atoms with Crippen LogP contribution in [0.4, 0.5) is 5.69 Å². The molecule has 0 atom stereocenters. The molecular formula is C16H22ClN3O3. The van der Waals surface area contributed by atoms with Crippen LogP contribution in [0.3, 0.4) is 0 Å². The molecule has 2 N–H and O–H groups in total. The van der Waals surface area contributed by atoms with Gasteiger partial charge < -0.3 is 20.3 Å². The van der Waals surface area contributed by atoms with Gasteiger partial charge in [0, 0.05) is 43.9 Å². The normalized spacial score (nSPS) is 16.1. The fraction of sp³-hybridized carbons (Fsp3) is 0.500. The van der Waals surface area contributed by atoms with E-state index in [4.69, 9.17) is 4.74 Å². The Morgan fingerprint density at radius 3 is 2.83 bits per heavy atom. The van der Waals surface area contributed by atoms with Crippen LogP contribution in [0.2, 0.25) is 0 Å². The third kappa shape index (κ3) is 4.36. The topological polar surface area (TPSA) is 70.7 Å². The number of nitrogens with one attached hydrogen (secondary N) is 2. The molecule has 0 bridgehead atoms. The molecule has 2 aliphatic heterocycles. The third-order valence-corrected chi connectivity index (χ3v) is 4.07. The smallest absolute Gasteiger partial charge is 0.251 e. The number of nitrogens with zero attached hydrogens (tertiary/aromatic N) is 1. The first-order chi connectivity index (χ1) is 10.7. The zero-order chi connectivity index (χ0) is 15.4. The van der Waals surface area contributed by atoms with Crippen molar-refractivity contribution in [3.05, 3.63) is 29.3 Å². The van der Waals surface area contributed by atoms with E-state index in [0.717, 1.165) is 18.7 Å². The number of rotatable bonds is 4. The second-order valence-corrected chi connectivity index (χ2v) is 5.55. The molecule has 2 heterocycles. The Kier molecular flexibility index (Phi) is 6.24. The van der Waals surface area contributed by atoms with Crippen molar-refractivity contribution in [1.29, 1.82) is 0 Å². The Labute approximate surface area is 142 Å². The summed E-state index contributed by atoms with van der Waals surface area (Å²) < 4.78 is 5.22. The predicted molar refractivity (Wildman–Crippen MR) is 90.2 cm³/mol.